The Balaban J connectivity index is 2.27. The van der Waals surface area contributed by atoms with Crippen molar-refractivity contribution < 1.29 is 14.1 Å². The second-order valence-electron chi connectivity index (χ2n) is 3.36. The molecule has 96 valence electrons. The minimum absolute atomic E-state index is 0.0340. The molecule has 2 aromatic rings. The molecule has 0 radical (unpaired) electrons. The third kappa shape index (κ3) is 2.87. The number of nitrogens with zero attached hydrogens (tertiary/aromatic N) is 3. The van der Waals surface area contributed by atoms with Gasteiger partial charge in [0.25, 0.3) is 11.6 Å². The lowest BCUT2D eigenvalue weighted by Gasteiger charge is -1.96. The van der Waals surface area contributed by atoms with Crippen molar-refractivity contribution in [3.63, 3.8) is 0 Å². The van der Waals surface area contributed by atoms with E-state index in [1.165, 1.54) is 12.1 Å². The number of ether oxygens (including phenoxy) is 1. The minimum Gasteiger partial charge on any atom is -0.436 e. The smallest absolute Gasteiger partial charge is 0.415 e. The van der Waals surface area contributed by atoms with Gasteiger partial charge in [0.05, 0.1) is 4.92 Å². The highest BCUT2D eigenvalue weighted by molar-refractivity contribution is 5.66. The third-order valence-electron chi connectivity index (χ3n) is 2.18. The number of para-hydroxylation sites is 1. The van der Waals surface area contributed by atoms with Crippen molar-refractivity contribution in [3.05, 3.63) is 34.4 Å². The molecule has 0 saturated heterocycles. The lowest BCUT2D eigenvalue weighted by Crippen LogP contribution is -1.93. The predicted molar refractivity (Wildman–Crippen MR) is 65.3 cm³/mol. The molecule has 0 aliphatic carbocycles. The second kappa shape index (κ2) is 5.64. The van der Waals surface area contributed by atoms with E-state index in [0.717, 1.165) is 0 Å². The first-order valence-corrected chi connectivity index (χ1v) is 5.32. The first-order chi connectivity index (χ1) is 9.22. The van der Waals surface area contributed by atoms with Crippen LogP contribution in [0.1, 0.15) is 6.92 Å². The first-order valence-electron chi connectivity index (χ1n) is 5.32. The van der Waals surface area contributed by atoms with E-state index in [1.54, 1.807) is 19.1 Å². The summed E-state index contributed by atoms with van der Waals surface area (Å²) in [7, 11) is 0. The molecule has 0 aliphatic heterocycles. The summed E-state index contributed by atoms with van der Waals surface area (Å²) in [6.07, 6.45) is -0.0732. The van der Waals surface area contributed by atoms with Crippen molar-refractivity contribution >= 4 is 5.69 Å². The largest absolute Gasteiger partial charge is 0.436 e. The topological polar surface area (TPSA) is 91.3 Å². The molecule has 0 spiro atoms. The number of nitro benzene ring substituents is 1. The fourth-order valence-corrected chi connectivity index (χ4v) is 1.36. The molecular formula is C12H9N3O4. The van der Waals surface area contributed by atoms with Crippen LogP contribution in [-0.2, 0) is 0 Å². The van der Waals surface area contributed by atoms with Gasteiger partial charge in [0.2, 0.25) is 0 Å². The Hall–Kier alpha value is -2.88. The van der Waals surface area contributed by atoms with Crippen LogP contribution < -0.4 is 4.74 Å². The zero-order valence-electron chi connectivity index (χ0n) is 9.99. The molecule has 7 heteroatoms. The zero-order chi connectivity index (χ0) is 13.7. The van der Waals surface area contributed by atoms with Gasteiger partial charge >= 0.3 is 6.08 Å². The van der Waals surface area contributed by atoms with Gasteiger partial charge in [-0.25, -0.2) is 0 Å². The lowest BCUT2D eigenvalue weighted by molar-refractivity contribution is -0.384. The van der Waals surface area contributed by atoms with Crippen molar-refractivity contribution in [2.75, 3.05) is 6.61 Å². The quantitative estimate of drug-likeness (QED) is 0.474. The van der Waals surface area contributed by atoms with Crippen LogP contribution in [0.15, 0.2) is 28.7 Å². The van der Waals surface area contributed by atoms with Crippen molar-refractivity contribution in [2.24, 2.45) is 0 Å². The predicted octanol–water partition coefficient (Wildman–Crippen LogP) is 2.05. The Morgan fingerprint density at radius 1 is 1.42 bits per heavy atom. The van der Waals surface area contributed by atoms with Gasteiger partial charge in [-0.3, -0.25) is 10.1 Å². The molecule has 19 heavy (non-hydrogen) atoms. The van der Waals surface area contributed by atoms with E-state index in [0.29, 0.717) is 0 Å². The molecule has 1 aromatic heterocycles. The molecule has 0 bridgehead atoms. The highest BCUT2D eigenvalue weighted by Crippen LogP contribution is 2.29. The Kier molecular flexibility index (Phi) is 3.73. The van der Waals surface area contributed by atoms with E-state index in [-0.39, 0.29) is 29.8 Å². The van der Waals surface area contributed by atoms with Gasteiger partial charge in [0.15, 0.2) is 6.61 Å². The zero-order valence-corrected chi connectivity index (χ0v) is 9.99. The average Bonchev–Trinajstić information content (AvgIpc) is 2.88. The summed E-state index contributed by atoms with van der Waals surface area (Å²) in [5.74, 6) is 5.35. The van der Waals surface area contributed by atoms with E-state index < -0.39 is 4.92 Å². The molecule has 1 aromatic carbocycles. The summed E-state index contributed by atoms with van der Waals surface area (Å²) in [5, 5.41) is 18.2. The molecule has 0 N–H and O–H groups in total. The van der Waals surface area contributed by atoms with Crippen molar-refractivity contribution in [1.82, 2.24) is 10.2 Å². The Morgan fingerprint density at radius 2 is 2.21 bits per heavy atom. The summed E-state index contributed by atoms with van der Waals surface area (Å²) >= 11 is 0. The SMILES string of the molecule is CC#CCOc1nnc(-c2ccccc2[N+](=O)[O-])o1. The summed E-state index contributed by atoms with van der Waals surface area (Å²) in [6, 6.07) is 6.10. The average molecular weight is 259 g/mol. The van der Waals surface area contributed by atoms with Crippen LogP contribution in [0.3, 0.4) is 0 Å². The number of hydrogen-bond acceptors (Lipinski definition) is 6. The Morgan fingerprint density at radius 3 is 2.95 bits per heavy atom. The van der Waals surface area contributed by atoms with Crippen molar-refractivity contribution in [1.29, 1.82) is 0 Å². The molecule has 0 amide bonds. The van der Waals surface area contributed by atoms with Gasteiger partial charge < -0.3 is 9.15 Å². The van der Waals surface area contributed by atoms with E-state index in [1.807, 2.05) is 0 Å². The lowest BCUT2D eigenvalue weighted by atomic mass is 10.2. The van der Waals surface area contributed by atoms with E-state index >= 15 is 0 Å². The number of rotatable bonds is 4. The normalized spacial score (nSPS) is 9.53. The summed E-state index contributed by atoms with van der Waals surface area (Å²) < 4.78 is 10.3. The molecule has 0 fully saturated rings. The maximum absolute atomic E-state index is 10.9. The van der Waals surface area contributed by atoms with E-state index in [4.69, 9.17) is 9.15 Å². The molecular weight excluding hydrogens is 250 g/mol. The first kappa shape index (κ1) is 12.6. The molecule has 1 heterocycles. The van der Waals surface area contributed by atoms with Gasteiger partial charge in [-0.1, -0.05) is 23.2 Å². The second-order valence-corrected chi connectivity index (χ2v) is 3.36. The van der Waals surface area contributed by atoms with Crippen LogP contribution in [0.4, 0.5) is 5.69 Å². The van der Waals surface area contributed by atoms with E-state index in [2.05, 4.69) is 22.0 Å². The molecule has 0 saturated carbocycles. The standard InChI is InChI=1S/C12H9N3O4/c1-2-3-8-18-12-14-13-11(19-12)9-6-4-5-7-10(9)15(16)17/h4-7H,8H2,1H3. The minimum atomic E-state index is -0.511. The highest BCUT2D eigenvalue weighted by Gasteiger charge is 2.19. The van der Waals surface area contributed by atoms with Crippen LogP contribution in [0.5, 0.6) is 6.08 Å². The fraction of sp³-hybridized carbons (Fsp3) is 0.167. The monoisotopic (exact) mass is 259 g/mol. The summed E-state index contributed by atoms with van der Waals surface area (Å²) in [6.45, 7) is 1.80. The Bertz CT molecular complexity index is 654. The highest BCUT2D eigenvalue weighted by atomic mass is 16.6. The van der Waals surface area contributed by atoms with Gasteiger partial charge in [-0.2, -0.15) is 0 Å². The molecule has 7 nitrogen and oxygen atoms in total. The van der Waals surface area contributed by atoms with Crippen LogP contribution in [-0.4, -0.2) is 21.7 Å². The maximum atomic E-state index is 10.9. The number of aromatic nitrogens is 2. The molecule has 0 aliphatic rings. The fourth-order valence-electron chi connectivity index (χ4n) is 1.36. The molecule has 0 unspecified atom stereocenters. The van der Waals surface area contributed by atoms with Gasteiger partial charge in [-0.05, 0) is 13.0 Å². The molecule has 2 rings (SSSR count). The summed E-state index contributed by atoms with van der Waals surface area (Å²) in [4.78, 5) is 10.4. The third-order valence-corrected chi connectivity index (χ3v) is 2.18. The number of nitro groups is 1. The van der Waals surface area contributed by atoms with Crippen molar-refractivity contribution in [3.8, 4) is 29.4 Å². The Labute approximate surface area is 108 Å². The van der Waals surface area contributed by atoms with Crippen LogP contribution in [0.25, 0.3) is 11.5 Å². The van der Waals surface area contributed by atoms with Gasteiger partial charge in [-0.15, -0.1) is 11.0 Å². The van der Waals surface area contributed by atoms with Crippen molar-refractivity contribution in [2.45, 2.75) is 6.92 Å². The number of hydrogen-bond donors (Lipinski definition) is 0. The van der Waals surface area contributed by atoms with Crippen LogP contribution in [0.2, 0.25) is 0 Å². The molecule has 0 atom stereocenters. The summed E-state index contributed by atoms with van der Waals surface area (Å²) in [5.41, 5.74) is 0.141. The van der Waals surface area contributed by atoms with Crippen LogP contribution >= 0.6 is 0 Å². The maximum Gasteiger partial charge on any atom is 0.415 e. The number of benzene rings is 1. The van der Waals surface area contributed by atoms with Gasteiger partial charge in [0.1, 0.15) is 5.56 Å². The van der Waals surface area contributed by atoms with Crippen LogP contribution in [0, 0.1) is 22.0 Å². The van der Waals surface area contributed by atoms with Gasteiger partial charge in [0, 0.05) is 6.07 Å². The van der Waals surface area contributed by atoms with E-state index in [9.17, 15) is 10.1 Å².